The van der Waals surface area contributed by atoms with Gasteiger partial charge in [-0.3, -0.25) is 4.79 Å². The largest absolute Gasteiger partial charge is 0.451 e. The molecule has 2 aliphatic rings. The van der Waals surface area contributed by atoms with Crippen LogP contribution in [-0.4, -0.2) is 62.7 Å². The number of ether oxygens (including phenoxy) is 1. The molecule has 5 heteroatoms. The van der Waals surface area contributed by atoms with E-state index in [1.54, 1.807) is 0 Å². The lowest BCUT2D eigenvalue weighted by Gasteiger charge is -2.30. The molecule has 0 spiro atoms. The van der Waals surface area contributed by atoms with Gasteiger partial charge in [0, 0.05) is 41.9 Å². The van der Waals surface area contributed by atoms with Crippen LogP contribution < -0.4 is 0 Å². The highest BCUT2D eigenvalue weighted by molar-refractivity contribution is 5.99. The first-order valence-corrected chi connectivity index (χ1v) is 8.50. The van der Waals surface area contributed by atoms with E-state index in [2.05, 4.69) is 19.0 Å². The molecule has 1 aromatic carbocycles. The maximum Gasteiger partial charge on any atom is 0.289 e. The number of para-hydroxylation sites is 1. The summed E-state index contributed by atoms with van der Waals surface area (Å²) in [5.41, 5.74) is 1.77. The fourth-order valence-corrected chi connectivity index (χ4v) is 4.36. The second-order valence-electron chi connectivity index (χ2n) is 7.55. The van der Waals surface area contributed by atoms with Crippen molar-refractivity contribution in [2.45, 2.75) is 6.92 Å². The van der Waals surface area contributed by atoms with Gasteiger partial charge < -0.3 is 19.0 Å². The molecule has 5 nitrogen and oxygen atoms in total. The molecular weight excluding hydrogens is 304 g/mol. The van der Waals surface area contributed by atoms with Gasteiger partial charge in [0.25, 0.3) is 5.91 Å². The average molecular weight is 328 g/mol. The minimum atomic E-state index is 0.0104. The summed E-state index contributed by atoms with van der Waals surface area (Å²) in [7, 11) is 4.16. The molecule has 128 valence electrons. The Bertz CT molecular complexity index is 782. The van der Waals surface area contributed by atoms with E-state index in [1.165, 1.54) is 0 Å². The molecule has 0 N–H and O–H groups in total. The molecule has 1 aromatic heterocycles. The summed E-state index contributed by atoms with van der Waals surface area (Å²) in [4.78, 5) is 17.2. The fraction of sp³-hybridized carbons (Fsp3) is 0.526. The van der Waals surface area contributed by atoms with Crippen LogP contribution in [0.4, 0.5) is 0 Å². The Morgan fingerprint density at radius 1 is 1.38 bits per heavy atom. The van der Waals surface area contributed by atoms with Gasteiger partial charge in [0.2, 0.25) is 0 Å². The van der Waals surface area contributed by atoms with Crippen LogP contribution in [0.2, 0.25) is 0 Å². The third-order valence-electron chi connectivity index (χ3n) is 5.48. The standard InChI is InChI=1S/C19H24N2O3/c1-13-15-6-4-5-7-16(15)24-17(13)18(22)21-8-14-9-23-12-19(14,11-21)10-20(2)3/h4-7,14H,8-12H2,1-3H3/t14-,19+/m0/s1. The van der Waals surface area contributed by atoms with E-state index < -0.39 is 0 Å². The maximum absolute atomic E-state index is 13.1. The third-order valence-corrected chi connectivity index (χ3v) is 5.48. The maximum atomic E-state index is 13.1. The van der Waals surface area contributed by atoms with Crippen LogP contribution in [0.25, 0.3) is 11.0 Å². The molecule has 2 saturated heterocycles. The van der Waals surface area contributed by atoms with Crippen molar-refractivity contribution in [2.75, 3.05) is 46.9 Å². The molecule has 0 saturated carbocycles. The van der Waals surface area contributed by atoms with Gasteiger partial charge in [-0.1, -0.05) is 18.2 Å². The molecule has 3 heterocycles. The number of fused-ring (bicyclic) bond motifs is 2. The van der Waals surface area contributed by atoms with Crippen molar-refractivity contribution >= 4 is 16.9 Å². The highest BCUT2D eigenvalue weighted by Crippen LogP contribution is 2.42. The van der Waals surface area contributed by atoms with Gasteiger partial charge in [-0.25, -0.2) is 0 Å². The number of aryl methyl sites for hydroxylation is 1. The Morgan fingerprint density at radius 3 is 2.92 bits per heavy atom. The smallest absolute Gasteiger partial charge is 0.289 e. The first-order chi connectivity index (χ1) is 11.5. The van der Waals surface area contributed by atoms with Crippen molar-refractivity contribution in [3.05, 3.63) is 35.6 Å². The van der Waals surface area contributed by atoms with Gasteiger partial charge in [0.15, 0.2) is 5.76 Å². The van der Waals surface area contributed by atoms with E-state index in [0.29, 0.717) is 11.7 Å². The number of furan rings is 1. The molecule has 2 atom stereocenters. The van der Waals surface area contributed by atoms with Crippen LogP contribution in [-0.2, 0) is 4.74 Å². The van der Waals surface area contributed by atoms with Gasteiger partial charge in [-0.05, 0) is 27.1 Å². The molecule has 2 fully saturated rings. The second-order valence-corrected chi connectivity index (χ2v) is 7.55. The monoisotopic (exact) mass is 328 g/mol. The summed E-state index contributed by atoms with van der Waals surface area (Å²) in [6.07, 6.45) is 0. The molecular formula is C19H24N2O3. The second kappa shape index (κ2) is 5.60. The van der Waals surface area contributed by atoms with Gasteiger partial charge in [0.1, 0.15) is 5.58 Å². The predicted octanol–water partition coefficient (Wildman–Crippen LogP) is 2.39. The van der Waals surface area contributed by atoms with Crippen molar-refractivity contribution in [2.24, 2.45) is 11.3 Å². The van der Waals surface area contributed by atoms with Gasteiger partial charge >= 0.3 is 0 Å². The van der Waals surface area contributed by atoms with Crippen LogP contribution in [0.1, 0.15) is 16.1 Å². The lowest BCUT2D eigenvalue weighted by molar-refractivity contribution is 0.0669. The zero-order valence-electron chi connectivity index (χ0n) is 14.5. The van der Waals surface area contributed by atoms with E-state index in [0.717, 1.165) is 49.4 Å². The van der Waals surface area contributed by atoms with Crippen LogP contribution in [0.5, 0.6) is 0 Å². The average Bonchev–Trinajstić information content (AvgIpc) is 3.17. The number of carbonyl (C=O) groups is 1. The van der Waals surface area contributed by atoms with Crippen molar-refractivity contribution in [1.29, 1.82) is 0 Å². The topological polar surface area (TPSA) is 45.9 Å². The van der Waals surface area contributed by atoms with Crippen LogP contribution in [0.15, 0.2) is 28.7 Å². The Hall–Kier alpha value is -1.85. The summed E-state index contributed by atoms with van der Waals surface area (Å²) in [5.74, 6) is 0.905. The zero-order chi connectivity index (χ0) is 16.9. The van der Waals surface area contributed by atoms with Crippen molar-refractivity contribution in [3.63, 3.8) is 0 Å². The summed E-state index contributed by atoms with van der Waals surface area (Å²) < 4.78 is 11.6. The number of likely N-dealkylation sites (tertiary alicyclic amines) is 1. The van der Waals surface area contributed by atoms with Crippen molar-refractivity contribution in [3.8, 4) is 0 Å². The van der Waals surface area contributed by atoms with Crippen LogP contribution in [0, 0.1) is 18.3 Å². The number of hydrogen-bond donors (Lipinski definition) is 0. The summed E-state index contributed by atoms with van der Waals surface area (Å²) in [6.45, 7) is 5.89. The predicted molar refractivity (Wildman–Crippen MR) is 92.2 cm³/mol. The Balaban J connectivity index is 1.62. The molecule has 4 rings (SSSR count). The molecule has 0 bridgehead atoms. The zero-order valence-corrected chi connectivity index (χ0v) is 14.5. The first-order valence-electron chi connectivity index (χ1n) is 8.50. The molecule has 0 unspecified atom stereocenters. The number of benzene rings is 1. The quantitative estimate of drug-likeness (QED) is 0.868. The minimum Gasteiger partial charge on any atom is -0.451 e. The van der Waals surface area contributed by atoms with E-state index in [4.69, 9.17) is 9.15 Å². The van der Waals surface area contributed by atoms with E-state index >= 15 is 0 Å². The molecule has 2 aliphatic heterocycles. The van der Waals surface area contributed by atoms with E-state index in [-0.39, 0.29) is 11.3 Å². The Labute approximate surface area is 142 Å². The lowest BCUT2D eigenvalue weighted by atomic mass is 9.81. The van der Waals surface area contributed by atoms with Gasteiger partial charge in [-0.2, -0.15) is 0 Å². The van der Waals surface area contributed by atoms with Crippen LogP contribution in [0.3, 0.4) is 0 Å². The number of hydrogen-bond acceptors (Lipinski definition) is 4. The SMILES string of the molecule is Cc1c(C(=O)N2C[C@H]3COC[C@@]3(CN(C)C)C2)oc2ccccc12. The van der Waals surface area contributed by atoms with Gasteiger partial charge in [0.05, 0.1) is 13.2 Å². The number of carbonyl (C=O) groups excluding carboxylic acids is 1. The normalized spacial score (nSPS) is 26.5. The summed E-state index contributed by atoms with van der Waals surface area (Å²) >= 11 is 0. The number of nitrogens with zero attached hydrogens (tertiary/aromatic N) is 2. The molecule has 24 heavy (non-hydrogen) atoms. The molecule has 2 aromatic rings. The number of amides is 1. The van der Waals surface area contributed by atoms with Crippen LogP contribution >= 0.6 is 0 Å². The third kappa shape index (κ3) is 2.34. The lowest BCUT2D eigenvalue weighted by Crippen LogP contribution is -2.41. The summed E-state index contributed by atoms with van der Waals surface area (Å²) in [5, 5.41) is 1.02. The fourth-order valence-electron chi connectivity index (χ4n) is 4.36. The van der Waals surface area contributed by atoms with Crippen molar-refractivity contribution < 1.29 is 13.9 Å². The molecule has 1 amide bonds. The minimum absolute atomic E-state index is 0.0104. The van der Waals surface area contributed by atoms with E-state index in [1.807, 2.05) is 36.1 Å². The van der Waals surface area contributed by atoms with E-state index in [9.17, 15) is 4.79 Å². The Kier molecular flexibility index (Phi) is 3.66. The summed E-state index contributed by atoms with van der Waals surface area (Å²) in [6, 6.07) is 7.83. The highest BCUT2D eigenvalue weighted by atomic mass is 16.5. The highest BCUT2D eigenvalue weighted by Gasteiger charge is 2.52. The molecule has 0 aliphatic carbocycles. The van der Waals surface area contributed by atoms with Gasteiger partial charge in [-0.15, -0.1) is 0 Å². The first kappa shape index (κ1) is 15.7. The number of rotatable bonds is 3. The molecule has 0 radical (unpaired) electrons. The van der Waals surface area contributed by atoms with Crippen molar-refractivity contribution in [1.82, 2.24) is 9.80 Å². The Morgan fingerprint density at radius 2 is 2.17 bits per heavy atom.